The zero-order valence-electron chi connectivity index (χ0n) is 21.5. The second-order valence-corrected chi connectivity index (χ2v) is 11.8. The molecule has 1 saturated heterocycles. The molecule has 0 spiro atoms. The van der Waals surface area contributed by atoms with Crippen LogP contribution in [-0.2, 0) is 26.0 Å². The lowest BCUT2D eigenvalue weighted by atomic mass is 10.1. The standard InChI is InChI=1S/C27H32FN3O5S/c1-27(2,3)36-26(32)29(4)18-20-16-25(23-10-5-6-11-24(23)28)31(19-20)37(33,34)22-9-7-8-21(17-22)30-12-14-35-15-13-30/h5-11,16-17,19H,12-15,18H2,1-4H3. The highest BCUT2D eigenvalue weighted by atomic mass is 32.2. The summed E-state index contributed by atoms with van der Waals surface area (Å²) in [6, 6.07) is 14.3. The molecule has 1 fully saturated rings. The van der Waals surface area contributed by atoms with Crippen LogP contribution in [0.2, 0.25) is 0 Å². The number of ether oxygens (including phenoxy) is 2. The fraction of sp³-hybridized carbons (Fsp3) is 0.370. The van der Waals surface area contributed by atoms with E-state index in [-0.39, 0.29) is 22.7 Å². The lowest BCUT2D eigenvalue weighted by Crippen LogP contribution is -2.36. The number of amides is 1. The zero-order valence-corrected chi connectivity index (χ0v) is 22.3. The maximum Gasteiger partial charge on any atom is 0.410 e. The van der Waals surface area contributed by atoms with Crippen LogP contribution in [0.5, 0.6) is 0 Å². The summed E-state index contributed by atoms with van der Waals surface area (Å²) in [5, 5.41) is 0. The van der Waals surface area contributed by atoms with E-state index in [2.05, 4.69) is 4.90 Å². The van der Waals surface area contributed by atoms with Crippen molar-refractivity contribution in [3.8, 4) is 11.3 Å². The molecule has 0 saturated carbocycles. The number of nitrogens with zero attached hydrogens (tertiary/aromatic N) is 3. The Morgan fingerprint density at radius 2 is 1.78 bits per heavy atom. The van der Waals surface area contributed by atoms with Crippen LogP contribution in [0.15, 0.2) is 65.7 Å². The molecule has 1 aliphatic rings. The summed E-state index contributed by atoms with van der Waals surface area (Å²) in [4.78, 5) is 16.0. The Bertz CT molecular complexity index is 1370. The van der Waals surface area contributed by atoms with Gasteiger partial charge in [-0.25, -0.2) is 21.6 Å². The van der Waals surface area contributed by atoms with Gasteiger partial charge < -0.3 is 19.3 Å². The van der Waals surface area contributed by atoms with Gasteiger partial charge in [0.25, 0.3) is 10.0 Å². The second kappa shape index (κ2) is 10.5. The first kappa shape index (κ1) is 26.7. The van der Waals surface area contributed by atoms with E-state index in [1.807, 2.05) is 6.07 Å². The van der Waals surface area contributed by atoms with Gasteiger partial charge in [0, 0.05) is 37.6 Å². The minimum absolute atomic E-state index is 0.0761. The van der Waals surface area contributed by atoms with E-state index < -0.39 is 27.5 Å². The Labute approximate surface area is 217 Å². The number of hydrogen-bond donors (Lipinski definition) is 0. The zero-order chi connectivity index (χ0) is 26.8. The van der Waals surface area contributed by atoms with E-state index in [0.29, 0.717) is 31.9 Å². The van der Waals surface area contributed by atoms with Crippen LogP contribution in [0.3, 0.4) is 0 Å². The van der Waals surface area contributed by atoms with Crippen LogP contribution in [0.4, 0.5) is 14.9 Å². The van der Waals surface area contributed by atoms with Crippen LogP contribution in [0.1, 0.15) is 26.3 Å². The molecule has 2 aromatic carbocycles. The van der Waals surface area contributed by atoms with Gasteiger partial charge in [-0.15, -0.1) is 0 Å². The molecule has 8 nitrogen and oxygen atoms in total. The fourth-order valence-electron chi connectivity index (χ4n) is 4.10. The van der Waals surface area contributed by atoms with Crippen molar-refractivity contribution in [2.24, 2.45) is 0 Å². The number of benzene rings is 2. The monoisotopic (exact) mass is 529 g/mol. The number of halogens is 1. The Morgan fingerprint density at radius 1 is 1.08 bits per heavy atom. The summed E-state index contributed by atoms with van der Waals surface area (Å²) in [5.41, 5.74) is 0.919. The summed E-state index contributed by atoms with van der Waals surface area (Å²) >= 11 is 0. The van der Waals surface area contributed by atoms with E-state index in [0.717, 1.165) is 9.66 Å². The van der Waals surface area contributed by atoms with Crippen LogP contribution in [-0.4, -0.2) is 62.3 Å². The number of aromatic nitrogens is 1. The Balaban J connectivity index is 1.74. The van der Waals surface area contributed by atoms with E-state index in [9.17, 15) is 17.6 Å². The number of anilines is 1. The van der Waals surface area contributed by atoms with Crippen molar-refractivity contribution in [2.45, 2.75) is 37.8 Å². The Hall–Kier alpha value is -3.37. The van der Waals surface area contributed by atoms with Crippen molar-refractivity contribution < 1.29 is 27.1 Å². The maximum atomic E-state index is 14.8. The van der Waals surface area contributed by atoms with Crippen LogP contribution in [0.25, 0.3) is 11.3 Å². The van der Waals surface area contributed by atoms with E-state index >= 15 is 0 Å². The molecular formula is C27H32FN3O5S. The number of carbonyl (C=O) groups excluding carboxylic acids is 1. The van der Waals surface area contributed by atoms with Gasteiger partial charge in [-0.05, 0) is 62.7 Å². The summed E-state index contributed by atoms with van der Waals surface area (Å²) in [6.45, 7) is 7.84. The lowest BCUT2D eigenvalue weighted by molar-refractivity contribution is 0.0285. The molecule has 0 unspecified atom stereocenters. The van der Waals surface area contributed by atoms with Gasteiger partial charge in [-0.3, -0.25) is 0 Å². The highest BCUT2D eigenvalue weighted by molar-refractivity contribution is 7.90. The molecule has 0 atom stereocenters. The van der Waals surface area contributed by atoms with E-state index in [1.54, 1.807) is 58.2 Å². The number of morpholine rings is 1. The molecular weight excluding hydrogens is 497 g/mol. The van der Waals surface area contributed by atoms with Crippen LogP contribution < -0.4 is 4.90 Å². The Kier molecular flexibility index (Phi) is 7.61. The third-order valence-corrected chi connectivity index (χ3v) is 7.54. The van der Waals surface area contributed by atoms with Crippen LogP contribution in [0, 0.1) is 5.82 Å². The highest BCUT2D eigenvalue weighted by Gasteiger charge is 2.26. The number of hydrogen-bond acceptors (Lipinski definition) is 6. The van der Waals surface area contributed by atoms with E-state index in [4.69, 9.17) is 9.47 Å². The molecule has 0 radical (unpaired) electrons. The molecule has 0 aliphatic carbocycles. The minimum atomic E-state index is -4.10. The molecule has 0 N–H and O–H groups in total. The maximum absolute atomic E-state index is 14.8. The first-order chi connectivity index (χ1) is 17.5. The summed E-state index contributed by atoms with van der Waals surface area (Å²) in [5.74, 6) is -0.550. The van der Waals surface area contributed by atoms with Crippen molar-refractivity contribution in [1.82, 2.24) is 8.87 Å². The molecule has 37 heavy (non-hydrogen) atoms. The molecule has 1 amide bonds. The third-order valence-electron chi connectivity index (χ3n) is 5.87. The van der Waals surface area contributed by atoms with Gasteiger partial charge in [-0.2, -0.15) is 0 Å². The van der Waals surface area contributed by atoms with Crippen molar-refractivity contribution in [3.05, 3.63) is 72.2 Å². The van der Waals surface area contributed by atoms with Gasteiger partial charge in [0.05, 0.1) is 30.3 Å². The van der Waals surface area contributed by atoms with Crippen LogP contribution >= 0.6 is 0 Å². The van der Waals surface area contributed by atoms with Gasteiger partial charge in [-0.1, -0.05) is 18.2 Å². The molecule has 0 bridgehead atoms. The van der Waals surface area contributed by atoms with Crippen molar-refractivity contribution in [3.63, 3.8) is 0 Å². The molecule has 1 aliphatic heterocycles. The average molecular weight is 530 g/mol. The van der Waals surface area contributed by atoms with Crippen molar-refractivity contribution >= 4 is 21.8 Å². The molecule has 1 aromatic heterocycles. The van der Waals surface area contributed by atoms with E-state index in [1.165, 1.54) is 29.3 Å². The summed E-state index contributed by atoms with van der Waals surface area (Å²) < 4.78 is 54.5. The fourth-order valence-corrected chi connectivity index (χ4v) is 5.53. The molecule has 10 heteroatoms. The second-order valence-electron chi connectivity index (χ2n) is 9.95. The van der Waals surface area contributed by atoms with Gasteiger partial charge in [0.15, 0.2) is 0 Å². The minimum Gasteiger partial charge on any atom is -0.444 e. The smallest absolute Gasteiger partial charge is 0.410 e. The SMILES string of the molecule is CN(Cc1cc(-c2ccccc2F)n(S(=O)(=O)c2cccc(N3CCOCC3)c2)c1)C(=O)OC(C)(C)C. The molecule has 3 aromatic rings. The molecule has 4 rings (SSSR count). The Morgan fingerprint density at radius 3 is 2.46 bits per heavy atom. The number of rotatable bonds is 6. The highest BCUT2D eigenvalue weighted by Crippen LogP contribution is 2.31. The molecule has 2 heterocycles. The first-order valence-corrected chi connectivity index (χ1v) is 13.5. The predicted molar refractivity (Wildman–Crippen MR) is 140 cm³/mol. The third kappa shape index (κ3) is 6.14. The quantitative estimate of drug-likeness (QED) is 0.459. The van der Waals surface area contributed by atoms with Gasteiger partial charge in [0.1, 0.15) is 11.4 Å². The molecule has 198 valence electrons. The first-order valence-electron chi connectivity index (χ1n) is 12.0. The predicted octanol–water partition coefficient (Wildman–Crippen LogP) is 4.73. The average Bonchev–Trinajstić information content (AvgIpc) is 3.28. The van der Waals surface area contributed by atoms with Gasteiger partial charge in [0.2, 0.25) is 0 Å². The van der Waals surface area contributed by atoms with Crippen molar-refractivity contribution in [1.29, 1.82) is 0 Å². The lowest BCUT2D eigenvalue weighted by Gasteiger charge is -2.29. The topological polar surface area (TPSA) is 81.1 Å². The normalized spacial score (nSPS) is 14.5. The number of carbonyl (C=O) groups is 1. The van der Waals surface area contributed by atoms with Gasteiger partial charge >= 0.3 is 6.09 Å². The van der Waals surface area contributed by atoms with Crippen molar-refractivity contribution in [2.75, 3.05) is 38.3 Å². The summed E-state index contributed by atoms with van der Waals surface area (Å²) in [6.07, 6.45) is 0.883. The largest absolute Gasteiger partial charge is 0.444 e. The summed E-state index contributed by atoms with van der Waals surface area (Å²) in [7, 11) is -2.54.